The van der Waals surface area contributed by atoms with E-state index in [1.54, 1.807) is 0 Å². The van der Waals surface area contributed by atoms with Crippen molar-refractivity contribution in [3.63, 3.8) is 0 Å². The van der Waals surface area contributed by atoms with Gasteiger partial charge in [-0.05, 0) is 91.7 Å². The number of hydrogen-bond acceptors (Lipinski definition) is 2. The normalized spacial score (nSPS) is 14.4. The first-order valence-corrected chi connectivity index (χ1v) is 15.9. The molecule has 1 aromatic heterocycles. The summed E-state index contributed by atoms with van der Waals surface area (Å²) in [6.45, 7) is 4.78. The maximum Gasteiger partial charge on any atom is 0.161 e. The second kappa shape index (κ2) is 8.86. The molecule has 0 N–H and O–H groups in total. The molecule has 1 heterocycles. The average molecular weight is 575 g/mol. The van der Waals surface area contributed by atoms with Crippen LogP contribution in [0.2, 0.25) is 0 Å². The smallest absolute Gasteiger partial charge is 0.161 e. The van der Waals surface area contributed by atoms with Gasteiger partial charge in [0.1, 0.15) is 0 Å². The maximum absolute atomic E-state index is 5.55. The van der Waals surface area contributed by atoms with Gasteiger partial charge in [-0.3, -0.25) is 0 Å². The van der Waals surface area contributed by atoms with Crippen LogP contribution >= 0.6 is 0 Å². The van der Waals surface area contributed by atoms with Crippen LogP contribution in [-0.4, -0.2) is 9.97 Å². The molecule has 6 aromatic carbocycles. The number of rotatable bonds is 2. The van der Waals surface area contributed by atoms with Gasteiger partial charge in [0.15, 0.2) is 5.82 Å². The highest BCUT2D eigenvalue weighted by molar-refractivity contribution is 6.03. The largest absolute Gasteiger partial charge is 0.228 e. The quantitative estimate of drug-likeness (QED) is 0.205. The van der Waals surface area contributed by atoms with Crippen molar-refractivity contribution in [3.05, 3.63) is 155 Å². The maximum atomic E-state index is 5.55. The predicted molar refractivity (Wildman–Crippen MR) is 184 cm³/mol. The van der Waals surface area contributed by atoms with Gasteiger partial charge in [-0.25, -0.2) is 9.97 Å². The van der Waals surface area contributed by atoms with Gasteiger partial charge in [0.05, 0.1) is 11.2 Å². The molecule has 10 rings (SSSR count). The van der Waals surface area contributed by atoms with Crippen molar-refractivity contribution >= 4 is 10.9 Å². The minimum atomic E-state index is -0.146. The van der Waals surface area contributed by atoms with Crippen LogP contribution in [0, 0.1) is 0 Å². The molecule has 0 amide bonds. The number of hydrogen-bond donors (Lipinski definition) is 0. The Kier molecular flexibility index (Phi) is 4.93. The molecule has 0 spiro atoms. The van der Waals surface area contributed by atoms with Crippen LogP contribution < -0.4 is 0 Å². The van der Waals surface area contributed by atoms with Crippen molar-refractivity contribution in [3.8, 4) is 56.0 Å². The Morgan fingerprint density at radius 1 is 0.489 bits per heavy atom. The van der Waals surface area contributed by atoms with E-state index in [0.717, 1.165) is 40.8 Å². The van der Waals surface area contributed by atoms with Crippen molar-refractivity contribution in [1.29, 1.82) is 0 Å². The molecular weight excluding hydrogens is 544 g/mol. The van der Waals surface area contributed by atoms with Crippen molar-refractivity contribution in [2.45, 2.75) is 32.1 Å². The molecule has 0 aliphatic heterocycles. The summed E-state index contributed by atoms with van der Waals surface area (Å²) < 4.78 is 0. The number of fused-ring (bicyclic) bond motifs is 11. The minimum absolute atomic E-state index is 0.146. The molecule has 3 aliphatic carbocycles. The summed E-state index contributed by atoms with van der Waals surface area (Å²) >= 11 is 0. The van der Waals surface area contributed by atoms with Gasteiger partial charge in [0, 0.05) is 21.9 Å². The van der Waals surface area contributed by atoms with Crippen LogP contribution in [0.3, 0.4) is 0 Å². The van der Waals surface area contributed by atoms with E-state index in [4.69, 9.17) is 9.97 Å². The van der Waals surface area contributed by atoms with Crippen molar-refractivity contribution in [2.75, 3.05) is 0 Å². The van der Waals surface area contributed by atoms with E-state index in [9.17, 15) is 0 Å². The zero-order chi connectivity index (χ0) is 29.9. The molecule has 0 radical (unpaired) electrons. The van der Waals surface area contributed by atoms with Crippen molar-refractivity contribution in [1.82, 2.24) is 9.97 Å². The lowest BCUT2D eigenvalue weighted by Gasteiger charge is -2.25. The van der Waals surface area contributed by atoms with Crippen LogP contribution in [0.1, 0.15) is 47.2 Å². The highest BCUT2D eigenvalue weighted by Gasteiger charge is 2.42. The van der Waals surface area contributed by atoms with Gasteiger partial charge < -0.3 is 0 Å². The van der Waals surface area contributed by atoms with Crippen molar-refractivity contribution in [2.24, 2.45) is 0 Å². The minimum Gasteiger partial charge on any atom is -0.228 e. The molecule has 2 nitrogen and oxygen atoms in total. The summed E-state index contributed by atoms with van der Waals surface area (Å²) in [5.41, 5.74) is 20.5. The van der Waals surface area contributed by atoms with E-state index in [1.165, 1.54) is 72.3 Å². The highest BCUT2D eigenvalue weighted by atomic mass is 14.9. The Labute approximate surface area is 263 Å². The van der Waals surface area contributed by atoms with E-state index in [0.29, 0.717) is 0 Å². The first kappa shape index (κ1) is 25.0. The monoisotopic (exact) mass is 574 g/mol. The molecule has 0 fully saturated rings. The van der Waals surface area contributed by atoms with Gasteiger partial charge in [-0.1, -0.05) is 123 Å². The molecule has 212 valence electrons. The van der Waals surface area contributed by atoms with E-state index < -0.39 is 0 Å². The molecule has 0 atom stereocenters. The summed E-state index contributed by atoms with van der Waals surface area (Å²) in [6, 6.07) is 44.4. The third-order valence-corrected chi connectivity index (χ3v) is 10.5. The zero-order valence-electron chi connectivity index (χ0n) is 25.4. The summed E-state index contributed by atoms with van der Waals surface area (Å²) in [5.74, 6) is 0.801. The average Bonchev–Trinajstić information content (AvgIpc) is 3.71. The lowest BCUT2D eigenvalue weighted by atomic mass is 9.78. The predicted octanol–water partition coefficient (Wildman–Crippen LogP) is 10.4. The van der Waals surface area contributed by atoms with Gasteiger partial charge in [0.2, 0.25) is 0 Å². The van der Waals surface area contributed by atoms with Crippen LogP contribution in [0.4, 0.5) is 0 Å². The Balaban J connectivity index is 1.30. The van der Waals surface area contributed by atoms with Crippen LogP contribution in [0.25, 0.3) is 66.9 Å². The third kappa shape index (κ3) is 3.34. The number of benzene rings is 6. The molecule has 0 unspecified atom stereocenters. The highest BCUT2D eigenvalue weighted by Crippen LogP contribution is 2.58. The standard InChI is InChI=1S/C43H30N2/c1-43(2)35-20-9-7-17-31(35)39-34(24-28-23-26-13-4-6-16-30(26)38(28)40(39)43)42-44-36-21-10-8-18-32(36)41(45-42)33-19-11-14-27-22-25-12-3-5-15-29(25)37(27)33/h3-21,24H,22-23H2,1-2H3. The first-order valence-electron chi connectivity index (χ1n) is 15.9. The third-order valence-electron chi connectivity index (χ3n) is 10.5. The Morgan fingerprint density at radius 3 is 1.93 bits per heavy atom. The van der Waals surface area contributed by atoms with Gasteiger partial charge in [0.25, 0.3) is 0 Å². The molecule has 3 aliphatic rings. The molecule has 7 aromatic rings. The van der Waals surface area contributed by atoms with Gasteiger partial charge in [-0.15, -0.1) is 0 Å². The molecular formula is C43H30N2. The number of aromatic nitrogens is 2. The first-order chi connectivity index (χ1) is 22.1. The lowest BCUT2D eigenvalue weighted by Crippen LogP contribution is -2.16. The van der Waals surface area contributed by atoms with Crippen LogP contribution in [-0.2, 0) is 18.3 Å². The second-order valence-electron chi connectivity index (χ2n) is 13.3. The van der Waals surface area contributed by atoms with Crippen molar-refractivity contribution < 1.29 is 0 Å². The molecule has 45 heavy (non-hydrogen) atoms. The molecule has 0 saturated carbocycles. The SMILES string of the molecule is CC1(C)c2ccccc2-c2c(-c3nc(-c4cccc5c4-c4ccccc4C5)c4ccccc4n3)cc3c(c21)-c1ccccc1C3. The molecule has 0 saturated heterocycles. The van der Waals surface area contributed by atoms with E-state index in [-0.39, 0.29) is 5.41 Å². The zero-order valence-corrected chi connectivity index (χ0v) is 25.4. The number of nitrogens with zero attached hydrogens (tertiary/aromatic N) is 2. The second-order valence-corrected chi connectivity index (χ2v) is 13.3. The summed E-state index contributed by atoms with van der Waals surface area (Å²) in [7, 11) is 0. The fraction of sp³-hybridized carbons (Fsp3) is 0.116. The van der Waals surface area contributed by atoms with Crippen LogP contribution in [0.15, 0.2) is 121 Å². The summed E-state index contributed by atoms with van der Waals surface area (Å²) in [6.07, 6.45) is 1.89. The van der Waals surface area contributed by atoms with Gasteiger partial charge in [-0.2, -0.15) is 0 Å². The van der Waals surface area contributed by atoms with E-state index in [1.807, 2.05) is 0 Å². The Hall–Kier alpha value is -5.34. The van der Waals surface area contributed by atoms with E-state index in [2.05, 4.69) is 135 Å². The number of para-hydroxylation sites is 1. The van der Waals surface area contributed by atoms with Gasteiger partial charge >= 0.3 is 0 Å². The lowest BCUT2D eigenvalue weighted by molar-refractivity contribution is 0.662. The summed E-state index contributed by atoms with van der Waals surface area (Å²) in [4.78, 5) is 10.9. The fourth-order valence-electron chi connectivity index (χ4n) is 8.56. The fourth-order valence-corrected chi connectivity index (χ4v) is 8.56. The Bertz CT molecular complexity index is 2410. The van der Waals surface area contributed by atoms with E-state index >= 15 is 0 Å². The molecule has 2 heteroatoms. The Morgan fingerprint density at radius 2 is 1.11 bits per heavy atom. The van der Waals surface area contributed by atoms with Crippen LogP contribution in [0.5, 0.6) is 0 Å². The molecule has 0 bridgehead atoms. The topological polar surface area (TPSA) is 25.8 Å². The summed E-state index contributed by atoms with van der Waals surface area (Å²) in [5, 5.41) is 1.09.